The zero-order chi connectivity index (χ0) is 10.0. The van der Waals surface area contributed by atoms with Crippen LogP contribution in [0.2, 0.25) is 0 Å². The Kier molecular flexibility index (Phi) is 3.33. The summed E-state index contributed by atoms with van der Waals surface area (Å²) in [6.07, 6.45) is 5.16. The molecule has 0 nitrogen and oxygen atoms in total. The highest BCUT2D eigenvalue weighted by Gasteiger charge is 2.38. The van der Waals surface area contributed by atoms with E-state index in [4.69, 9.17) is 0 Å². The Balaban J connectivity index is 2.30. The lowest BCUT2D eigenvalue weighted by atomic mass is 9.84. The predicted molar refractivity (Wildman–Crippen MR) is 68.2 cm³/mol. The van der Waals surface area contributed by atoms with E-state index in [0.717, 1.165) is 0 Å². The van der Waals surface area contributed by atoms with E-state index in [2.05, 4.69) is 62.2 Å². The van der Waals surface area contributed by atoms with Gasteiger partial charge >= 0.3 is 0 Å². The van der Waals surface area contributed by atoms with Crippen LogP contribution >= 0.6 is 31.9 Å². The van der Waals surface area contributed by atoms with E-state index in [0.29, 0.717) is 4.83 Å². The van der Waals surface area contributed by atoms with Gasteiger partial charge in [0.05, 0.1) is 4.32 Å². The fourth-order valence-electron chi connectivity index (χ4n) is 2.13. The first-order valence-corrected chi connectivity index (χ1v) is 6.83. The molecule has 0 saturated heterocycles. The summed E-state index contributed by atoms with van der Waals surface area (Å²) in [7, 11) is 0. The van der Waals surface area contributed by atoms with Gasteiger partial charge in [-0.1, -0.05) is 75.0 Å². The van der Waals surface area contributed by atoms with Crippen LogP contribution < -0.4 is 0 Å². The highest BCUT2D eigenvalue weighted by molar-refractivity contribution is 9.12. The second kappa shape index (κ2) is 4.36. The van der Waals surface area contributed by atoms with Crippen LogP contribution in [0.25, 0.3) is 0 Å². The molecule has 1 aliphatic carbocycles. The van der Waals surface area contributed by atoms with Crippen molar-refractivity contribution < 1.29 is 0 Å². The molecule has 0 spiro atoms. The summed E-state index contributed by atoms with van der Waals surface area (Å²) < 4.78 is 0.159. The van der Waals surface area contributed by atoms with Crippen molar-refractivity contribution in [3.05, 3.63) is 35.9 Å². The molecule has 1 aliphatic rings. The van der Waals surface area contributed by atoms with Gasteiger partial charge in [-0.25, -0.2) is 0 Å². The van der Waals surface area contributed by atoms with E-state index in [-0.39, 0.29) is 4.32 Å². The summed E-state index contributed by atoms with van der Waals surface area (Å²) >= 11 is 7.72. The van der Waals surface area contributed by atoms with Gasteiger partial charge in [-0.15, -0.1) is 0 Å². The lowest BCUT2D eigenvalue weighted by Gasteiger charge is -2.37. The molecule has 2 rings (SSSR count). The maximum atomic E-state index is 3.92. The first-order valence-electron chi connectivity index (χ1n) is 5.12. The third kappa shape index (κ3) is 1.92. The molecule has 0 radical (unpaired) electrons. The minimum Gasteiger partial charge on any atom is -0.0872 e. The zero-order valence-corrected chi connectivity index (χ0v) is 11.2. The first-order chi connectivity index (χ1) is 6.73. The third-order valence-electron chi connectivity index (χ3n) is 3.00. The van der Waals surface area contributed by atoms with E-state index in [1.807, 2.05) is 0 Å². The topological polar surface area (TPSA) is 0 Å². The molecule has 1 aromatic rings. The van der Waals surface area contributed by atoms with E-state index in [9.17, 15) is 0 Å². The van der Waals surface area contributed by atoms with Crippen LogP contribution in [0.15, 0.2) is 30.3 Å². The maximum Gasteiger partial charge on any atom is 0.0630 e. The van der Waals surface area contributed by atoms with Crippen molar-refractivity contribution in [2.45, 2.75) is 34.8 Å². The lowest BCUT2D eigenvalue weighted by Crippen LogP contribution is -2.32. The molecule has 0 amide bonds. The molecule has 1 saturated carbocycles. The Bertz CT molecular complexity index is 296. The van der Waals surface area contributed by atoms with E-state index in [1.54, 1.807) is 0 Å². The molecule has 0 N–H and O–H groups in total. The number of hydrogen-bond donors (Lipinski definition) is 0. The normalized spacial score (nSPS) is 32.9. The quantitative estimate of drug-likeness (QED) is 0.663. The summed E-state index contributed by atoms with van der Waals surface area (Å²) in [6, 6.07) is 10.7. The zero-order valence-electron chi connectivity index (χ0n) is 8.05. The van der Waals surface area contributed by atoms with Crippen molar-refractivity contribution in [2.75, 3.05) is 0 Å². The number of halogens is 2. The average Bonchev–Trinajstić information content (AvgIpc) is 2.24. The average molecular weight is 318 g/mol. The van der Waals surface area contributed by atoms with Crippen molar-refractivity contribution in [2.24, 2.45) is 0 Å². The van der Waals surface area contributed by atoms with Crippen molar-refractivity contribution in [3.63, 3.8) is 0 Å². The molecule has 2 heteroatoms. The fraction of sp³-hybridized carbons (Fsp3) is 0.500. The maximum absolute atomic E-state index is 3.92. The lowest BCUT2D eigenvalue weighted by molar-refractivity contribution is 0.433. The Morgan fingerprint density at radius 2 is 1.86 bits per heavy atom. The molecule has 2 unspecified atom stereocenters. The standard InChI is InChI=1S/C12H14Br2/c13-11-8-4-5-9-12(11,14)10-6-2-1-3-7-10/h1-3,6-7,11H,4-5,8-9H2. The Morgan fingerprint density at radius 1 is 1.14 bits per heavy atom. The number of hydrogen-bond acceptors (Lipinski definition) is 0. The SMILES string of the molecule is BrC1CCCCC1(Br)c1ccccc1. The highest BCUT2D eigenvalue weighted by Crippen LogP contribution is 2.47. The highest BCUT2D eigenvalue weighted by atomic mass is 79.9. The number of rotatable bonds is 1. The second-order valence-electron chi connectivity index (χ2n) is 3.94. The molecule has 76 valence electrons. The fourth-order valence-corrected chi connectivity index (χ4v) is 3.72. The molecule has 1 fully saturated rings. The van der Waals surface area contributed by atoms with Crippen LogP contribution in [0.3, 0.4) is 0 Å². The van der Waals surface area contributed by atoms with E-state index < -0.39 is 0 Å². The van der Waals surface area contributed by atoms with Crippen LogP contribution in [-0.4, -0.2) is 4.83 Å². The van der Waals surface area contributed by atoms with Crippen molar-refractivity contribution in [3.8, 4) is 0 Å². The Labute approximate surface area is 102 Å². The van der Waals surface area contributed by atoms with Gasteiger partial charge in [-0.05, 0) is 18.4 Å². The second-order valence-corrected chi connectivity index (χ2v) is 6.46. The molecule has 1 aromatic carbocycles. The van der Waals surface area contributed by atoms with Gasteiger partial charge in [0, 0.05) is 4.83 Å². The van der Waals surface area contributed by atoms with Crippen LogP contribution in [-0.2, 0) is 4.32 Å². The van der Waals surface area contributed by atoms with Crippen molar-refractivity contribution in [1.29, 1.82) is 0 Å². The van der Waals surface area contributed by atoms with Crippen LogP contribution in [0.5, 0.6) is 0 Å². The third-order valence-corrected chi connectivity index (χ3v) is 6.26. The van der Waals surface area contributed by atoms with Crippen molar-refractivity contribution >= 4 is 31.9 Å². The van der Waals surface area contributed by atoms with Gasteiger partial charge in [0.25, 0.3) is 0 Å². The summed E-state index contributed by atoms with van der Waals surface area (Å²) in [5.41, 5.74) is 1.40. The first kappa shape index (κ1) is 10.7. The molecule has 0 heterocycles. The predicted octanol–water partition coefficient (Wildman–Crippen LogP) is 4.61. The molecule has 0 bridgehead atoms. The molecule has 0 aliphatic heterocycles. The Morgan fingerprint density at radius 3 is 2.50 bits per heavy atom. The Hall–Kier alpha value is 0.180. The number of benzene rings is 1. The monoisotopic (exact) mass is 316 g/mol. The van der Waals surface area contributed by atoms with E-state index in [1.165, 1.54) is 31.2 Å². The summed E-state index contributed by atoms with van der Waals surface area (Å²) in [5.74, 6) is 0. The van der Waals surface area contributed by atoms with Gasteiger partial charge in [0.15, 0.2) is 0 Å². The molecular formula is C12H14Br2. The van der Waals surface area contributed by atoms with Crippen LogP contribution in [0, 0.1) is 0 Å². The minimum absolute atomic E-state index is 0.159. The van der Waals surface area contributed by atoms with Gasteiger partial charge in [0.1, 0.15) is 0 Å². The molecule has 2 atom stereocenters. The van der Waals surface area contributed by atoms with Gasteiger partial charge in [-0.3, -0.25) is 0 Å². The van der Waals surface area contributed by atoms with Crippen molar-refractivity contribution in [1.82, 2.24) is 0 Å². The van der Waals surface area contributed by atoms with Crippen LogP contribution in [0.4, 0.5) is 0 Å². The smallest absolute Gasteiger partial charge is 0.0630 e. The summed E-state index contributed by atoms with van der Waals surface area (Å²) in [6.45, 7) is 0. The van der Waals surface area contributed by atoms with Gasteiger partial charge in [0.2, 0.25) is 0 Å². The number of alkyl halides is 2. The van der Waals surface area contributed by atoms with Gasteiger partial charge in [-0.2, -0.15) is 0 Å². The molecule has 0 aromatic heterocycles. The summed E-state index contributed by atoms with van der Waals surface area (Å²) in [4.78, 5) is 0.561. The van der Waals surface area contributed by atoms with Gasteiger partial charge < -0.3 is 0 Å². The molecular weight excluding hydrogens is 304 g/mol. The van der Waals surface area contributed by atoms with E-state index >= 15 is 0 Å². The largest absolute Gasteiger partial charge is 0.0872 e. The summed E-state index contributed by atoms with van der Waals surface area (Å²) in [5, 5.41) is 0. The van der Waals surface area contributed by atoms with Crippen LogP contribution in [0.1, 0.15) is 31.2 Å². The minimum atomic E-state index is 0.159. The molecule has 14 heavy (non-hydrogen) atoms.